The van der Waals surface area contributed by atoms with Crippen molar-refractivity contribution in [2.45, 2.75) is 32.1 Å². The molecule has 3 fully saturated rings. The first-order valence-electron chi connectivity index (χ1n) is 9.25. The summed E-state index contributed by atoms with van der Waals surface area (Å²) in [5, 5.41) is -0.0880. The number of carbonyl (C=O) groups is 2. The lowest BCUT2D eigenvalue weighted by Crippen LogP contribution is -2.51. The van der Waals surface area contributed by atoms with Crippen molar-refractivity contribution in [1.29, 1.82) is 0 Å². The molecule has 1 spiro atoms. The van der Waals surface area contributed by atoms with Crippen molar-refractivity contribution in [3.05, 3.63) is 22.9 Å². The van der Waals surface area contributed by atoms with E-state index in [1.807, 2.05) is 0 Å². The Morgan fingerprint density at radius 1 is 1.19 bits per heavy atom. The summed E-state index contributed by atoms with van der Waals surface area (Å²) in [4.78, 5) is 37.6. The number of piperidine rings is 2. The maximum atomic E-state index is 11.8. The van der Waals surface area contributed by atoms with Gasteiger partial charge in [-0.25, -0.2) is 9.97 Å². The number of likely N-dealkylation sites (tertiary alicyclic amines) is 1. The van der Waals surface area contributed by atoms with Gasteiger partial charge in [0.2, 0.25) is 11.1 Å². The second-order valence-corrected chi connectivity index (χ2v) is 8.83. The van der Waals surface area contributed by atoms with Crippen LogP contribution in [0.15, 0.2) is 17.2 Å². The van der Waals surface area contributed by atoms with E-state index in [-0.39, 0.29) is 17.3 Å². The second-order valence-electron chi connectivity index (χ2n) is 7.73. The van der Waals surface area contributed by atoms with Crippen molar-refractivity contribution in [3.63, 3.8) is 0 Å². The number of carbonyl (C=O) groups excluding carboxylic acids is 2. The van der Waals surface area contributed by atoms with Gasteiger partial charge in [-0.1, -0.05) is 0 Å². The first-order valence-corrected chi connectivity index (χ1v) is 10.1. The fourth-order valence-electron chi connectivity index (χ4n) is 4.44. The van der Waals surface area contributed by atoms with Crippen LogP contribution in [0, 0.1) is 5.41 Å². The molecule has 3 saturated heterocycles. The summed E-state index contributed by atoms with van der Waals surface area (Å²) in [6.45, 7) is 4.29. The highest BCUT2D eigenvalue weighted by molar-refractivity contribution is 8.18. The van der Waals surface area contributed by atoms with Crippen LogP contribution in [0.4, 0.5) is 5.95 Å². The largest absolute Gasteiger partial charge is 0.340 e. The minimum Gasteiger partial charge on any atom is -0.340 e. The fraction of sp³-hybridized carbons (Fsp3) is 0.579. The van der Waals surface area contributed by atoms with Gasteiger partial charge in [0.1, 0.15) is 0 Å². The van der Waals surface area contributed by atoms with Gasteiger partial charge in [0, 0.05) is 31.2 Å². The van der Waals surface area contributed by atoms with Gasteiger partial charge in [-0.2, -0.15) is 0 Å². The van der Waals surface area contributed by atoms with E-state index >= 15 is 0 Å². The van der Waals surface area contributed by atoms with Crippen LogP contribution in [0.2, 0.25) is 0 Å². The summed E-state index contributed by atoms with van der Waals surface area (Å²) < 4.78 is 0. The van der Waals surface area contributed by atoms with E-state index in [0.29, 0.717) is 16.0 Å². The summed E-state index contributed by atoms with van der Waals surface area (Å²) >= 11 is 1.02. The number of hydrogen-bond donors (Lipinski definition) is 0. The minimum atomic E-state index is -0.109. The van der Waals surface area contributed by atoms with Gasteiger partial charge in [0.25, 0.3) is 0 Å². The van der Waals surface area contributed by atoms with E-state index in [4.69, 9.17) is 0 Å². The summed E-state index contributed by atoms with van der Waals surface area (Å²) in [6.07, 6.45) is 8.41. The van der Waals surface area contributed by atoms with Crippen molar-refractivity contribution in [2.24, 2.45) is 5.41 Å². The molecular formula is C19H24N4O2S. The zero-order chi connectivity index (χ0) is 18.1. The molecule has 26 heavy (non-hydrogen) atoms. The lowest BCUT2D eigenvalue weighted by molar-refractivity contribution is -0.119. The first-order chi connectivity index (χ1) is 12.5. The van der Waals surface area contributed by atoms with Crippen LogP contribution >= 0.6 is 11.8 Å². The standard InChI is InChI=1S/C19H24N4O2S/c1-22-8-2-5-19(12-22)6-3-9-23(13-19)18-20-7-4-14(21-18)10-16-15(24)11-17(25)26-16/h4,7,10H,2-3,5-6,8-9,11-13H2,1H3/b16-10-. The molecule has 138 valence electrons. The Morgan fingerprint density at radius 2 is 2.00 bits per heavy atom. The van der Waals surface area contributed by atoms with Crippen molar-refractivity contribution in [1.82, 2.24) is 14.9 Å². The van der Waals surface area contributed by atoms with Crippen LogP contribution < -0.4 is 4.90 Å². The third-order valence-corrected chi connectivity index (χ3v) is 6.48. The molecule has 7 heteroatoms. The number of allylic oxidation sites excluding steroid dienone is 1. The topological polar surface area (TPSA) is 66.4 Å². The monoisotopic (exact) mass is 372 g/mol. The molecule has 1 aromatic rings. The van der Waals surface area contributed by atoms with Gasteiger partial charge >= 0.3 is 0 Å². The Kier molecular flexibility index (Phi) is 4.84. The lowest BCUT2D eigenvalue weighted by Gasteiger charge is -2.47. The number of rotatable bonds is 2. The Labute approximate surface area is 158 Å². The van der Waals surface area contributed by atoms with Gasteiger partial charge < -0.3 is 9.80 Å². The number of thioether (sulfide) groups is 1. The number of anilines is 1. The third kappa shape index (κ3) is 3.69. The molecule has 0 aromatic carbocycles. The molecule has 3 aliphatic rings. The average molecular weight is 372 g/mol. The Bertz CT molecular complexity index is 762. The predicted molar refractivity (Wildman–Crippen MR) is 103 cm³/mol. The molecular weight excluding hydrogens is 348 g/mol. The van der Waals surface area contributed by atoms with Crippen LogP contribution in [-0.2, 0) is 9.59 Å². The molecule has 0 radical (unpaired) electrons. The zero-order valence-corrected chi connectivity index (χ0v) is 15.9. The highest BCUT2D eigenvalue weighted by Crippen LogP contribution is 2.39. The third-order valence-electron chi connectivity index (χ3n) is 5.54. The summed E-state index contributed by atoms with van der Waals surface area (Å²) in [6, 6.07) is 1.79. The average Bonchev–Trinajstić information content (AvgIpc) is 2.92. The lowest BCUT2D eigenvalue weighted by atomic mass is 9.74. The van der Waals surface area contributed by atoms with Gasteiger partial charge in [0.05, 0.1) is 17.0 Å². The molecule has 0 aliphatic carbocycles. The van der Waals surface area contributed by atoms with E-state index in [2.05, 4.69) is 26.8 Å². The normalized spacial score (nSPS) is 29.1. The number of nitrogens with zero attached hydrogens (tertiary/aromatic N) is 4. The number of hydrogen-bond acceptors (Lipinski definition) is 7. The smallest absolute Gasteiger partial charge is 0.225 e. The summed E-state index contributed by atoms with van der Waals surface area (Å²) in [5.41, 5.74) is 1.04. The highest BCUT2D eigenvalue weighted by Gasteiger charge is 2.39. The van der Waals surface area contributed by atoms with Crippen molar-refractivity contribution < 1.29 is 9.59 Å². The van der Waals surface area contributed by atoms with E-state index < -0.39 is 0 Å². The molecule has 1 aromatic heterocycles. The van der Waals surface area contributed by atoms with Crippen molar-refractivity contribution in [3.8, 4) is 0 Å². The quantitative estimate of drug-likeness (QED) is 0.583. The number of aromatic nitrogens is 2. The molecule has 4 rings (SSSR count). The van der Waals surface area contributed by atoms with Gasteiger partial charge in [0.15, 0.2) is 5.78 Å². The summed E-state index contributed by atoms with van der Waals surface area (Å²) in [7, 11) is 2.21. The summed E-state index contributed by atoms with van der Waals surface area (Å²) in [5.74, 6) is 0.621. The first kappa shape index (κ1) is 17.7. The Morgan fingerprint density at radius 3 is 2.73 bits per heavy atom. The van der Waals surface area contributed by atoms with Gasteiger partial charge in [-0.05, 0) is 63.2 Å². The molecule has 0 N–H and O–H groups in total. The molecule has 1 atom stereocenters. The van der Waals surface area contributed by atoms with E-state index in [1.165, 1.54) is 25.8 Å². The van der Waals surface area contributed by atoms with E-state index in [1.54, 1.807) is 18.3 Å². The molecule has 4 heterocycles. The minimum absolute atomic E-state index is 0.00337. The van der Waals surface area contributed by atoms with Gasteiger partial charge in [-0.3, -0.25) is 9.59 Å². The van der Waals surface area contributed by atoms with Crippen LogP contribution in [0.5, 0.6) is 0 Å². The molecule has 3 aliphatic heterocycles. The number of Topliss-reactive ketones (excluding diaryl/α,β-unsaturated/α-hetero) is 1. The molecule has 0 bridgehead atoms. The van der Waals surface area contributed by atoms with Crippen LogP contribution in [-0.4, -0.2) is 59.0 Å². The van der Waals surface area contributed by atoms with Crippen molar-refractivity contribution >= 4 is 34.7 Å². The van der Waals surface area contributed by atoms with Crippen molar-refractivity contribution in [2.75, 3.05) is 38.1 Å². The van der Waals surface area contributed by atoms with Crippen LogP contribution in [0.1, 0.15) is 37.8 Å². The van der Waals surface area contributed by atoms with E-state index in [0.717, 1.165) is 43.8 Å². The maximum absolute atomic E-state index is 11.8. The molecule has 1 unspecified atom stereocenters. The SMILES string of the molecule is CN1CCCC2(CCCN(c3nccc(/C=C4\SC(=O)CC4=O)n3)C2)C1. The Hall–Kier alpha value is -1.73. The fourth-order valence-corrected chi connectivity index (χ4v) is 5.25. The zero-order valence-electron chi connectivity index (χ0n) is 15.1. The molecule has 0 amide bonds. The Balaban J connectivity index is 1.54. The van der Waals surface area contributed by atoms with Crippen LogP contribution in [0.3, 0.4) is 0 Å². The highest BCUT2D eigenvalue weighted by atomic mass is 32.2. The molecule has 6 nitrogen and oxygen atoms in total. The maximum Gasteiger partial charge on any atom is 0.225 e. The van der Waals surface area contributed by atoms with Crippen LogP contribution in [0.25, 0.3) is 6.08 Å². The van der Waals surface area contributed by atoms with Gasteiger partial charge in [-0.15, -0.1) is 0 Å². The molecule has 0 saturated carbocycles. The second kappa shape index (κ2) is 7.12. The van der Waals surface area contributed by atoms with E-state index in [9.17, 15) is 9.59 Å². The predicted octanol–water partition coefficient (Wildman–Crippen LogP) is 2.36. The number of ketones is 1.